The Morgan fingerprint density at radius 2 is 2.12 bits per heavy atom. The summed E-state index contributed by atoms with van der Waals surface area (Å²) in [6.07, 6.45) is 3.55. The second-order valence-electron chi connectivity index (χ2n) is 4.88. The minimum absolute atomic E-state index is 0.233. The zero-order valence-corrected chi connectivity index (χ0v) is 10.6. The molecule has 1 saturated carbocycles. The van der Waals surface area contributed by atoms with E-state index in [-0.39, 0.29) is 12.6 Å². The quantitative estimate of drug-likeness (QED) is 0.768. The maximum absolute atomic E-state index is 11.7. The first-order valence-electron chi connectivity index (χ1n) is 6.27. The Morgan fingerprint density at radius 3 is 2.59 bits per heavy atom. The lowest BCUT2D eigenvalue weighted by Crippen LogP contribution is -2.43. The molecule has 0 saturated heterocycles. The zero-order valence-electron chi connectivity index (χ0n) is 10.6. The molecule has 1 fully saturated rings. The third-order valence-electron chi connectivity index (χ3n) is 3.34. The highest BCUT2D eigenvalue weighted by Crippen LogP contribution is 2.29. The monoisotopic (exact) mass is 242 g/mol. The van der Waals surface area contributed by atoms with Crippen molar-refractivity contribution in [3.05, 3.63) is 0 Å². The van der Waals surface area contributed by atoms with Gasteiger partial charge in [0.1, 0.15) is 6.54 Å². The molecular weight excluding hydrogens is 220 g/mol. The van der Waals surface area contributed by atoms with E-state index in [0.717, 1.165) is 18.8 Å². The van der Waals surface area contributed by atoms with Crippen molar-refractivity contribution in [2.75, 3.05) is 19.6 Å². The lowest BCUT2D eigenvalue weighted by molar-refractivity contribution is -0.137. The van der Waals surface area contributed by atoms with Gasteiger partial charge in [0.25, 0.3) is 0 Å². The molecular formula is C12H22N2O3. The molecule has 98 valence electrons. The molecule has 0 aromatic heterocycles. The summed E-state index contributed by atoms with van der Waals surface area (Å²) in [5.74, 6) is 0.326. The lowest BCUT2D eigenvalue weighted by atomic mass is 10.1. The van der Waals surface area contributed by atoms with Crippen LogP contribution in [0.1, 0.15) is 33.1 Å². The maximum Gasteiger partial charge on any atom is 0.323 e. The Balaban J connectivity index is 2.29. The van der Waals surface area contributed by atoms with E-state index < -0.39 is 5.97 Å². The van der Waals surface area contributed by atoms with Crippen LogP contribution >= 0.6 is 0 Å². The van der Waals surface area contributed by atoms with Crippen molar-refractivity contribution >= 4 is 12.0 Å². The number of amides is 2. The van der Waals surface area contributed by atoms with E-state index in [0.29, 0.717) is 19.0 Å². The summed E-state index contributed by atoms with van der Waals surface area (Å²) in [7, 11) is 0. The fourth-order valence-corrected chi connectivity index (χ4v) is 2.34. The van der Waals surface area contributed by atoms with Crippen molar-refractivity contribution in [1.29, 1.82) is 0 Å². The number of carbonyl (C=O) groups excluding carboxylic acids is 1. The van der Waals surface area contributed by atoms with Crippen molar-refractivity contribution in [3.63, 3.8) is 0 Å². The predicted octanol–water partition coefficient (Wildman–Crippen LogP) is 1.54. The minimum atomic E-state index is -0.975. The number of hydrogen-bond donors (Lipinski definition) is 2. The number of hydrogen-bond acceptors (Lipinski definition) is 2. The van der Waals surface area contributed by atoms with Crippen LogP contribution in [-0.4, -0.2) is 41.6 Å². The largest absolute Gasteiger partial charge is 0.480 e. The van der Waals surface area contributed by atoms with Gasteiger partial charge < -0.3 is 15.3 Å². The highest BCUT2D eigenvalue weighted by Gasteiger charge is 2.22. The molecule has 0 spiro atoms. The molecule has 2 N–H and O–H groups in total. The molecule has 1 rings (SSSR count). The Bertz CT molecular complexity index is 281. The summed E-state index contributed by atoms with van der Waals surface area (Å²) in [6.45, 7) is 4.85. The van der Waals surface area contributed by atoms with Gasteiger partial charge in [-0.3, -0.25) is 4.79 Å². The Hall–Kier alpha value is -1.26. The standard InChI is InChI=1S/C12H22N2O3/c1-3-14(8-11(15)16)12(17)13-7-10-5-4-9(2)6-10/h9-10H,3-8H2,1-2H3,(H,13,17)(H,15,16). The molecule has 5 nitrogen and oxygen atoms in total. The number of aliphatic carboxylic acids is 1. The molecule has 0 aliphatic heterocycles. The lowest BCUT2D eigenvalue weighted by Gasteiger charge is -2.20. The fourth-order valence-electron chi connectivity index (χ4n) is 2.34. The molecule has 0 aromatic carbocycles. The number of carboxylic acid groups (broad SMARTS) is 1. The van der Waals surface area contributed by atoms with Crippen LogP contribution in [0.15, 0.2) is 0 Å². The van der Waals surface area contributed by atoms with Gasteiger partial charge in [0.2, 0.25) is 0 Å². The molecule has 0 heterocycles. The first-order chi connectivity index (χ1) is 8.02. The van der Waals surface area contributed by atoms with Gasteiger partial charge in [0.05, 0.1) is 0 Å². The molecule has 2 unspecified atom stereocenters. The van der Waals surface area contributed by atoms with Crippen LogP contribution in [0.5, 0.6) is 0 Å². The van der Waals surface area contributed by atoms with Crippen molar-refractivity contribution in [2.45, 2.75) is 33.1 Å². The molecule has 0 radical (unpaired) electrons. The highest BCUT2D eigenvalue weighted by atomic mass is 16.4. The summed E-state index contributed by atoms with van der Waals surface area (Å²) in [6, 6.07) is -0.269. The number of carbonyl (C=O) groups is 2. The molecule has 1 aliphatic rings. The number of nitrogens with one attached hydrogen (secondary N) is 1. The van der Waals surface area contributed by atoms with Gasteiger partial charge in [-0.25, -0.2) is 4.79 Å². The van der Waals surface area contributed by atoms with Gasteiger partial charge in [0, 0.05) is 13.1 Å². The van der Waals surface area contributed by atoms with Crippen molar-refractivity contribution in [2.24, 2.45) is 11.8 Å². The molecule has 2 amide bonds. The van der Waals surface area contributed by atoms with Crippen LogP contribution in [0.4, 0.5) is 4.79 Å². The van der Waals surface area contributed by atoms with Crippen molar-refractivity contribution in [3.8, 4) is 0 Å². The number of nitrogens with zero attached hydrogens (tertiary/aromatic N) is 1. The van der Waals surface area contributed by atoms with E-state index in [1.807, 2.05) is 0 Å². The maximum atomic E-state index is 11.7. The van der Waals surface area contributed by atoms with Crippen LogP contribution in [0.3, 0.4) is 0 Å². The summed E-state index contributed by atoms with van der Waals surface area (Å²) in [5.41, 5.74) is 0. The second-order valence-corrected chi connectivity index (χ2v) is 4.88. The normalized spacial score (nSPS) is 23.4. The number of likely N-dealkylation sites (N-methyl/N-ethyl adjacent to an activating group) is 1. The third-order valence-corrected chi connectivity index (χ3v) is 3.34. The number of urea groups is 1. The van der Waals surface area contributed by atoms with Crippen molar-refractivity contribution < 1.29 is 14.7 Å². The minimum Gasteiger partial charge on any atom is -0.480 e. The van der Waals surface area contributed by atoms with E-state index in [1.54, 1.807) is 6.92 Å². The van der Waals surface area contributed by atoms with Gasteiger partial charge in [-0.1, -0.05) is 13.3 Å². The topological polar surface area (TPSA) is 69.6 Å². The predicted molar refractivity (Wildman–Crippen MR) is 64.8 cm³/mol. The van der Waals surface area contributed by atoms with Gasteiger partial charge in [-0.05, 0) is 31.6 Å². The Kier molecular flexibility index (Phi) is 5.25. The first-order valence-corrected chi connectivity index (χ1v) is 6.27. The van der Waals surface area contributed by atoms with Crippen LogP contribution in [0, 0.1) is 11.8 Å². The Labute approximate surface area is 102 Å². The molecule has 0 bridgehead atoms. The third kappa shape index (κ3) is 4.63. The van der Waals surface area contributed by atoms with Gasteiger partial charge in [-0.15, -0.1) is 0 Å². The highest BCUT2D eigenvalue weighted by molar-refractivity contribution is 5.79. The van der Waals surface area contributed by atoms with Crippen LogP contribution in [0.2, 0.25) is 0 Å². The number of rotatable bonds is 5. The molecule has 17 heavy (non-hydrogen) atoms. The van der Waals surface area contributed by atoms with E-state index >= 15 is 0 Å². The van der Waals surface area contributed by atoms with Gasteiger partial charge in [-0.2, -0.15) is 0 Å². The molecule has 5 heteroatoms. The summed E-state index contributed by atoms with van der Waals surface area (Å²) < 4.78 is 0. The summed E-state index contributed by atoms with van der Waals surface area (Å²) in [5, 5.41) is 11.5. The zero-order chi connectivity index (χ0) is 12.8. The average Bonchev–Trinajstić information content (AvgIpc) is 2.68. The smallest absolute Gasteiger partial charge is 0.323 e. The molecule has 2 atom stereocenters. The van der Waals surface area contributed by atoms with E-state index in [9.17, 15) is 9.59 Å². The van der Waals surface area contributed by atoms with Gasteiger partial charge >= 0.3 is 12.0 Å². The van der Waals surface area contributed by atoms with Crippen LogP contribution in [0.25, 0.3) is 0 Å². The van der Waals surface area contributed by atoms with Crippen LogP contribution < -0.4 is 5.32 Å². The number of carboxylic acids is 1. The summed E-state index contributed by atoms with van der Waals surface area (Å²) >= 11 is 0. The average molecular weight is 242 g/mol. The SMILES string of the molecule is CCN(CC(=O)O)C(=O)NCC1CCC(C)C1. The summed E-state index contributed by atoms with van der Waals surface area (Å²) in [4.78, 5) is 23.6. The van der Waals surface area contributed by atoms with E-state index in [4.69, 9.17) is 5.11 Å². The molecule has 1 aliphatic carbocycles. The van der Waals surface area contributed by atoms with Crippen LogP contribution in [-0.2, 0) is 4.79 Å². The molecule has 0 aromatic rings. The fraction of sp³-hybridized carbons (Fsp3) is 0.833. The van der Waals surface area contributed by atoms with Gasteiger partial charge in [0.15, 0.2) is 0 Å². The van der Waals surface area contributed by atoms with E-state index in [1.165, 1.54) is 11.3 Å². The second kappa shape index (κ2) is 6.47. The van der Waals surface area contributed by atoms with Crippen molar-refractivity contribution in [1.82, 2.24) is 10.2 Å². The first kappa shape index (κ1) is 13.8. The van der Waals surface area contributed by atoms with E-state index in [2.05, 4.69) is 12.2 Å². The Morgan fingerprint density at radius 1 is 1.41 bits per heavy atom.